The Morgan fingerprint density at radius 3 is 2.05 bits per heavy atom. The molecule has 0 spiro atoms. The highest BCUT2D eigenvalue weighted by atomic mass is 16.6. The Morgan fingerprint density at radius 1 is 1.16 bits per heavy atom. The van der Waals surface area contributed by atoms with Gasteiger partial charge in [0.2, 0.25) is 0 Å². The Morgan fingerprint density at radius 2 is 1.68 bits per heavy atom. The summed E-state index contributed by atoms with van der Waals surface area (Å²) in [5.74, 6) is -0.476. The van der Waals surface area contributed by atoms with Crippen LogP contribution in [0, 0.1) is 10.1 Å². The van der Waals surface area contributed by atoms with Crippen LogP contribution in [0.2, 0.25) is 0 Å². The van der Waals surface area contributed by atoms with Gasteiger partial charge in [-0.3, -0.25) is 20.2 Å². The topological polar surface area (TPSA) is 101 Å². The summed E-state index contributed by atoms with van der Waals surface area (Å²) in [6.45, 7) is 5.54. The first-order valence-electron chi connectivity index (χ1n) is 5.82. The molecule has 1 aromatic carbocycles. The normalized spacial score (nSPS) is 21.0. The molecule has 1 saturated heterocycles. The van der Waals surface area contributed by atoms with Crippen molar-refractivity contribution in [1.82, 2.24) is 10.6 Å². The van der Waals surface area contributed by atoms with Crippen molar-refractivity contribution in [1.29, 1.82) is 0 Å². The molecular formula is C12H15N3O4. The van der Waals surface area contributed by atoms with E-state index in [1.54, 1.807) is 0 Å². The largest absolute Gasteiger partial charge is 0.322 e. The number of carbonyl (C=O) groups is 2. The fourth-order valence-corrected chi connectivity index (χ4v) is 1.66. The molecule has 3 amide bonds. The number of urea groups is 1. The third kappa shape index (κ3) is 2.70. The quantitative estimate of drug-likeness (QED) is 0.482. The summed E-state index contributed by atoms with van der Waals surface area (Å²) in [7, 11) is 0. The number of hydrogen-bond acceptors (Lipinski definition) is 4. The number of nitrogens with one attached hydrogen (secondary N) is 2. The number of benzene rings is 1. The lowest BCUT2D eigenvalue weighted by atomic mass is 9.92. The molecule has 102 valence electrons. The highest BCUT2D eigenvalue weighted by Gasteiger charge is 2.43. The molecule has 7 nitrogen and oxygen atoms in total. The lowest BCUT2D eigenvalue weighted by Crippen LogP contribution is -2.40. The van der Waals surface area contributed by atoms with Crippen molar-refractivity contribution in [3.05, 3.63) is 39.9 Å². The number of imide groups is 1. The second kappa shape index (κ2) is 5.47. The van der Waals surface area contributed by atoms with Crippen LogP contribution in [0.25, 0.3) is 0 Å². The minimum Gasteiger partial charge on any atom is -0.320 e. The summed E-state index contributed by atoms with van der Waals surface area (Å²) >= 11 is 0. The van der Waals surface area contributed by atoms with Crippen molar-refractivity contribution in [2.75, 3.05) is 0 Å². The summed E-state index contributed by atoms with van der Waals surface area (Å²) in [6.07, 6.45) is 0. The predicted octanol–water partition coefficient (Wildman–Crippen LogP) is 1.68. The minimum atomic E-state index is -1.17. The van der Waals surface area contributed by atoms with Gasteiger partial charge in [0.05, 0.1) is 4.92 Å². The molecule has 1 heterocycles. The highest BCUT2D eigenvalue weighted by Crippen LogP contribution is 2.25. The minimum absolute atomic E-state index is 0.0675. The van der Waals surface area contributed by atoms with Gasteiger partial charge in [-0.05, 0) is 24.6 Å². The summed E-state index contributed by atoms with van der Waals surface area (Å²) in [6, 6.07) is 4.90. The molecule has 0 radical (unpaired) electrons. The molecule has 0 bridgehead atoms. The molecule has 1 unspecified atom stereocenters. The average Bonchev–Trinajstić information content (AvgIpc) is 2.66. The van der Waals surface area contributed by atoms with Crippen LogP contribution in [0.3, 0.4) is 0 Å². The molecule has 0 aliphatic carbocycles. The van der Waals surface area contributed by atoms with Gasteiger partial charge in [0.25, 0.3) is 11.6 Å². The molecule has 19 heavy (non-hydrogen) atoms. The van der Waals surface area contributed by atoms with E-state index in [1.165, 1.54) is 31.2 Å². The Labute approximate surface area is 110 Å². The SMILES string of the molecule is CC.CC1(c2ccc([N+](=O)[O-])cc2)NC(=O)NC1=O. The van der Waals surface area contributed by atoms with Crippen LogP contribution in [-0.4, -0.2) is 16.9 Å². The van der Waals surface area contributed by atoms with Gasteiger partial charge in [0.1, 0.15) is 5.54 Å². The maximum absolute atomic E-state index is 11.6. The lowest BCUT2D eigenvalue weighted by molar-refractivity contribution is -0.384. The summed E-state index contributed by atoms with van der Waals surface area (Å²) in [5.41, 5.74) is -0.750. The Kier molecular flexibility index (Phi) is 4.21. The maximum atomic E-state index is 11.6. The molecule has 1 aromatic rings. The molecule has 7 heteroatoms. The maximum Gasteiger partial charge on any atom is 0.322 e. The Hall–Kier alpha value is -2.44. The van der Waals surface area contributed by atoms with Crippen molar-refractivity contribution >= 4 is 17.6 Å². The van der Waals surface area contributed by atoms with E-state index in [0.29, 0.717) is 5.56 Å². The molecule has 1 aliphatic rings. The molecule has 0 saturated carbocycles. The van der Waals surface area contributed by atoms with Crippen LogP contribution in [0.4, 0.5) is 10.5 Å². The number of nitro benzene ring substituents is 1. The van der Waals surface area contributed by atoms with E-state index in [1.807, 2.05) is 13.8 Å². The lowest BCUT2D eigenvalue weighted by Gasteiger charge is -2.20. The van der Waals surface area contributed by atoms with Crippen LogP contribution < -0.4 is 10.6 Å². The molecule has 0 aromatic heterocycles. The third-order valence-electron chi connectivity index (χ3n) is 2.70. The fraction of sp³-hybridized carbons (Fsp3) is 0.333. The number of hydrogen-bond donors (Lipinski definition) is 2. The predicted molar refractivity (Wildman–Crippen MR) is 68.5 cm³/mol. The number of non-ortho nitro benzene ring substituents is 1. The second-order valence-electron chi connectivity index (χ2n) is 3.84. The standard InChI is InChI=1S/C10H9N3O4.C2H6/c1-10(8(14)11-9(15)12-10)6-2-4-7(5-3-6)13(16)17;1-2/h2-5H,1H3,(H2,11,12,14,15);1-2H3. The molecule has 1 aliphatic heterocycles. The van der Waals surface area contributed by atoms with Crippen LogP contribution in [0.1, 0.15) is 26.3 Å². The van der Waals surface area contributed by atoms with Crippen molar-refractivity contribution < 1.29 is 14.5 Å². The zero-order chi connectivity index (χ0) is 14.6. The van der Waals surface area contributed by atoms with Gasteiger partial charge in [-0.25, -0.2) is 4.79 Å². The first-order valence-corrected chi connectivity index (χ1v) is 5.82. The van der Waals surface area contributed by atoms with Crippen molar-refractivity contribution in [3.8, 4) is 0 Å². The number of nitrogens with zero attached hydrogens (tertiary/aromatic N) is 1. The number of nitro groups is 1. The van der Waals surface area contributed by atoms with Crippen molar-refractivity contribution in [2.24, 2.45) is 0 Å². The number of amides is 3. The van der Waals surface area contributed by atoms with E-state index in [-0.39, 0.29) is 5.69 Å². The van der Waals surface area contributed by atoms with Gasteiger partial charge in [-0.1, -0.05) is 13.8 Å². The Balaban J connectivity index is 0.000000861. The Bertz CT molecular complexity index is 512. The van der Waals surface area contributed by atoms with E-state index in [9.17, 15) is 19.7 Å². The van der Waals surface area contributed by atoms with E-state index < -0.39 is 22.4 Å². The second-order valence-corrected chi connectivity index (χ2v) is 3.84. The zero-order valence-corrected chi connectivity index (χ0v) is 10.9. The first kappa shape index (κ1) is 14.6. The molecule has 1 atom stereocenters. The van der Waals surface area contributed by atoms with Crippen molar-refractivity contribution in [2.45, 2.75) is 26.3 Å². The fourth-order valence-electron chi connectivity index (χ4n) is 1.66. The zero-order valence-electron chi connectivity index (χ0n) is 10.9. The molecule has 1 fully saturated rings. The van der Waals surface area contributed by atoms with Gasteiger partial charge in [-0.2, -0.15) is 0 Å². The van der Waals surface area contributed by atoms with Crippen LogP contribution in [0.15, 0.2) is 24.3 Å². The molecule has 2 N–H and O–H groups in total. The van der Waals surface area contributed by atoms with Gasteiger partial charge in [0, 0.05) is 12.1 Å². The number of carbonyl (C=O) groups excluding carboxylic acids is 2. The van der Waals surface area contributed by atoms with Gasteiger partial charge in [-0.15, -0.1) is 0 Å². The number of rotatable bonds is 2. The molecular weight excluding hydrogens is 250 g/mol. The van der Waals surface area contributed by atoms with E-state index in [2.05, 4.69) is 10.6 Å². The third-order valence-corrected chi connectivity index (χ3v) is 2.70. The van der Waals surface area contributed by atoms with Gasteiger partial charge >= 0.3 is 6.03 Å². The van der Waals surface area contributed by atoms with Crippen LogP contribution in [0.5, 0.6) is 0 Å². The van der Waals surface area contributed by atoms with Crippen LogP contribution in [-0.2, 0) is 10.3 Å². The van der Waals surface area contributed by atoms with Gasteiger partial charge < -0.3 is 5.32 Å². The smallest absolute Gasteiger partial charge is 0.320 e. The summed E-state index contributed by atoms with van der Waals surface area (Å²) < 4.78 is 0. The van der Waals surface area contributed by atoms with Gasteiger partial charge in [0.15, 0.2) is 0 Å². The monoisotopic (exact) mass is 265 g/mol. The summed E-state index contributed by atoms with van der Waals surface area (Å²) in [5, 5.41) is 15.1. The summed E-state index contributed by atoms with van der Waals surface area (Å²) in [4.78, 5) is 32.6. The van der Waals surface area contributed by atoms with Crippen LogP contribution >= 0.6 is 0 Å². The highest BCUT2D eigenvalue weighted by molar-refractivity contribution is 6.07. The first-order chi connectivity index (χ1) is 8.93. The average molecular weight is 265 g/mol. The van der Waals surface area contributed by atoms with Crippen molar-refractivity contribution in [3.63, 3.8) is 0 Å². The molecule has 2 rings (SSSR count). The van der Waals surface area contributed by atoms with E-state index in [4.69, 9.17) is 0 Å². The van der Waals surface area contributed by atoms with E-state index >= 15 is 0 Å². The van der Waals surface area contributed by atoms with E-state index in [0.717, 1.165) is 0 Å².